The predicted molar refractivity (Wildman–Crippen MR) is 59.6 cm³/mol. The van der Waals surface area contributed by atoms with E-state index < -0.39 is 12.1 Å². The first-order valence-electron chi connectivity index (χ1n) is 6.65. The largest absolute Gasteiger partial charge is 0.391 e. The SMILES string of the molecule is CC1CCC(C2CCC(C(F)(F)F)CC2)CO1. The highest BCUT2D eigenvalue weighted by Gasteiger charge is 2.42. The van der Waals surface area contributed by atoms with E-state index in [1.165, 1.54) is 0 Å². The maximum atomic E-state index is 12.5. The summed E-state index contributed by atoms with van der Waals surface area (Å²) in [6.07, 6.45) is 0.631. The monoisotopic (exact) mass is 250 g/mol. The van der Waals surface area contributed by atoms with Crippen molar-refractivity contribution in [2.75, 3.05) is 6.61 Å². The first-order chi connectivity index (χ1) is 7.97. The Balaban J connectivity index is 1.79. The van der Waals surface area contributed by atoms with Gasteiger partial charge in [-0.25, -0.2) is 0 Å². The summed E-state index contributed by atoms with van der Waals surface area (Å²) in [5.74, 6) is -0.0938. The molecule has 0 aromatic rings. The van der Waals surface area contributed by atoms with E-state index in [4.69, 9.17) is 4.74 Å². The van der Waals surface area contributed by atoms with Crippen LogP contribution < -0.4 is 0 Å². The summed E-state index contributed by atoms with van der Waals surface area (Å²) in [6, 6.07) is 0. The van der Waals surface area contributed by atoms with Crippen molar-refractivity contribution in [2.24, 2.45) is 17.8 Å². The maximum Gasteiger partial charge on any atom is 0.391 e. The second kappa shape index (κ2) is 5.17. The minimum atomic E-state index is -3.98. The zero-order valence-electron chi connectivity index (χ0n) is 10.3. The molecule has 0 N–H and O–H groups in total. The molecular formula is C13H21F3O. The molecule has 0 spiro atoms. The fourth-order valence-electron chi connectivity index (χ4n) is 3.19. The van der Waals surface area contributed by atoms with E-state index >= 15 is 0 Å². The number of alkyl halides is 3. The van der Waals surface area contributed by atoms with Crippen LogP contribution in [-0.4, -0.2) is 18.9 Å². The highest BCUT2D eigenvalue weighted by molar-refractivity contribution is 4.82. The fraction of sp³-hybridized carbons (Fsp3) is 1.00. The molecule has 1 aliphatic heterocycles. The molecule has 1 saturated heterocycles. The van der Waals surface area contributed by atoms with Crippen LogP contribution in [0.15, 0.2) is 0 Å². The molecule has 0 radical (unpaired) electrons. The Morgan fingerprint density at radius 2 is 1.47 bits per heavy atom. The lowest BCUT2D eigenvalue weighted by molar-refractivity contribution is -0.185. The van der Waals surface area contributed by atoms with Gasteiger partial charge in [-0.3, -0.25) is 0 Å². The quantitative estimate of drug-likeness (QED) is 0.678. The number of rotatable bonds is 1. The molecule has 1 aliphatic carbocycles. The third-order valence-corrected chi connectivity index (χ3v) is 4.44. The molecule has 1 heterocycles. The Hall–Kier alpha value is -0.250. The lowest BCUT2D eigenvalue weighted by Crippen LogP contribution is -2.34. The van der Waals surface area contributed by atoms with Crippen LogP contribution >= 0.6 is 0 Å². The van der Waals surface area contributed by atoms with E-state index in [1.807, 2.05) is 0 Å². The van der Waals surface area contributed by atoms with Crippen LogP contribution in [0.3, 0.4) is 0 Å². The van der Waals surface area contributed by atoms with Crippen LogP contribution in [0.25, 0.3) is 0 Å². The van der Waals surface area contributed by atoms with Crippen molar-refractivity contribution in [3.63, 3.8) is 0 Å². The third-order valence-electron chi connectivity index (χ3n) is 4.44. The highest BCUT2D eigenvalue weighted by atomic mass is 19.4. The van der Waals surface area contributed by atoms with Gasteiger partial charge < -0.3 is 4.74 Å². The second-order valence-corrected chi connectivity index (χ2v) is 5.63. The van der Waals surface area contributed by atoms with E-state index in [0.29, 0.717) is 30.8 Å². The van der Waals surface area contributed by atoms with E-state index in [9.17, 15) is 13.2 Å². The molecule has 2 fully saturated rings. The van der Waals surface area contributed by atoms with Gasteiger partial charge in [-0.2, -0.15) is 13.2 Å². The molecular weight excluding hydrogens is 229 g/mol. The van der Waals surface area contributed by atoms with Gasteiger partial charge >= 0.3 is 6.18 Å². The molecule has 2 aliphatic rings. The second-order valence-electron chi connectivity index (χ2n) is 5.63. The topological polar surface area (TPSA) is 9.23 Å². The Labute approximate surface area is 101 Å². The van der Waals surface area contributed by atoms with Gasteiger partial charge in [-0.05, 0) is 57.3 Å². The molecule has 2 unspecified atom stereocenters. The van der Waals surface area contributed by atoms with E-state index in [-0.39, 0.29) is 0 Å². The number of hydrogen-bond acceptors (Lipinski definition) is 1. The van der Waals surface area contributed by atoms with Gasteiger partial charge in [0, 0.05) is 0 Å². The molecule has 2 atom stereocenters. The number of halogens is 3. The van der Waals surface area contributed by atoms with Gasteiger partial charge in [0.1, 0.15) is 0 Å². The van der Waals surface area contributed by atoms with Crippen molar-refractivity contribution in [1.82, 2.24) is 0 Å². The molecule has 100 valence electrons. The highest BCUT2D eigenvalue weighted by Crippen LogP contribution is 2.43. The summed E-state index contributed by atoms with van der Waals surface area (Å²) in [4.78, 5) is 0. The Kier molecular flexibility index (Phi) is 4.01. The maximum absolute atomic E-state index is 12.5. The van der Waals surface area contributed by atoms with E-state index in [0.717, 1.165) is 32.3 Å². The van der Waals surface area contributed by atoms with Crippen LogP contribution in [0.4, 0.5) is 13.2 Å². The van der Waals surface area contributed by atoms with Crippen LogP contribution in [0.2, 0.25) is 0 Å². The Bertz CT molecular complexity index is 236. The van der Waals surface area contributed by atoms with Crippen LogP contribution in [0.1, 0.15) is 45.4 Å². The van der Waals surface area contributed by atoms with Crippen LogP contribution in [-0.2, 0) is 4.74 Å². The van der Waals surface area contributed by atoms with Crippen LogP contribution in [0.5, 0.6) is 0 Å². The lowest BCUT2D eigenvalue weighted by Gasteiger charge is -2.37. The summed E-state index contributed by atoms with van der Waals surface area (Å²) in [6.45, 7) is 2.82. The van der Waals surface area contributed by atoms with Crippen molar-refractivity contribution < 1.29 is 17.9 Å². The summed E-state index contributed by atoms with van der Waals surface area (Å²) in [5, 5.41) is 0. The summed E-state index contributed by atoms with van der Waals surface area (Å²) in [5.41, 5.74) is 0. The van der Waals surface area contributed by atoms with Gasteiger partial charge in [-0.1, -0.05) is 0 Å². The van der Waals surface area contributed by atoms with Gasteiger partial charge in [0.15, 0.2) is 0 Å². The summed E-state index contributed by atoms with van der Waals surface area (Å²) < 4.78 is 43.2. The minimum absolute atomic E-state index is 0.320. The average molecular weight is 250 g/mol. The summed E-state index contributed by atoms with van der Waals surface area (Å²) in [7, 11) is 0. The Morgan fingerprint density at radius 1 is 0.882 bits per heavy atom. The van der Waals surface area contributed by atoms with Gasteiger partial charge in [0.25, 0.3) is 0 Å². The Morgan fingerprint density at radius 3 is 1.94 bits per heavy atom. The van der Waals surface area contributed by atoms with Gasteiger partial charge in [0.05, 0.1) is 18.6 Å². The molecule has 0 aromatic carbocycles. The predicted octanol–water partition coefficient (Wildman–Crippen LogP) is 4.17. The number of hydrogen-bond donors (Lipinski definition) is 0. The normalized spacial score (nSPS) is 40.2. The molecule has 2 rings (SSSR count). The summed E-state index contributed by atoms with van der Waals surface area (Å²) >= 11 is 0. The van der Waals surface area contributed by atoms with E-state index in [1.54, 1.807) is 0 Å². The van der Waals surface area contributed by atoms with Crippen molar-refractivity contribution in [1.29, 1.82) is 0 Å². The zero-order valence-corrected chi connectivity index (χ0v) is 10.3. The van der Waals surface area contributed by atoms with Gasteiger partial charge in [-0.15, -0.1) is 0 Å². The molecule has 0 bridgehead atoms. The molecule has 1 nitrogen and oxygen atoms in total. The van der Waals surface area contributed by atoms with Crippen LogP contribution in [0, 0.1) is 17.8 Å². The third kappa shape index (κ3) is 3.36. The van der Waals surface area contributed by atoms with Crippen molar-refractivity contribution in [3.05, 3.63) is 0 Å². The van der Waals surface area contributed by atoms with Crippen molar-refractivity contribution in [3.8, 4) is 0 Å². The number of ether oxygens (including phenoxy) is 1. The molecule has 1 saturated carbocycles. The zero-order chi connectivity index (χ0) is 12.5. The molecule has 4 heteroatoms. The molecule has 0 aromatic heterocycles. The lowest BCUT2D eigenvalue weighted by atomic mass is 9.73. The molecule has 17 heavy (non-hydrogen) atoms. The first-order valence-corrected chi connectivity index (χ1v) is 6.65. The van der Waals surface area contributed by atoms with Gasteiger partial charge in [0.2, 0.25) is 0 Å². The molecule has 0 amide bonds. The van der Waals surface area contributed by atoms with Crippen molar-refractivity contribution >= 4 is 0 Å². The van der Waals surface area contributed by atoms with E-state index in [2.05, 4.69) is 6.92 Å². The fourth-order valence-corrected chi connectivity index (χ4v) is 3.19. The van der Waals surface area contributed by atoms with Crippen molar-refractivity contribution in [2.45, 2.75) is 57.7 Å². The minimum Gasteiger partial charge on any atom is -0.378 e. The average Bonchev–Trinajstić information content (AvgIpc) is 2.29. The first kappa shape index (κ1) is 13.2. The standard InChI is InChI=1S/C13H21F3O/c1-9-2-3-11(8-17-9)10-4-6-12(7-5-10)13(14,15)16/h9-12H,2-8H2,1H3. The smallest absolute Gasteiger partial charge is 0.378 e.